The van der Waals surface area contributed by atoms with Gasteiger partial charge in [0.25, 0.3) is 0 Å². The first-order chi connectivity index (χ1) is 33.2. The Balaban J connectivity index is 1.02. The van der Waals surface area contributed by atoms with Crippen LogP contribution in [0.5, 0.6) is 0 Å². The predicted molar refractivity (Wildman–Crippen MR) is 286 cm³/mol. The largest absolute Gasteiger partial charge is 0.309 e. The van der Waals surface area contributed by atoms with Crippen molar-refractivity contribution in [3.8, 4) is 33.4 Å². The molecule has 13 aromatic rings. The quantitative estimate of drug-likeness (QED) is 0.126. The molecule has 15 rings (SSSR count). The van der Waals surface area contributed by atoms with Gasteiger partial charge in [-0.2, -0.15) is 0 Å². The smallest absolute Gasteiger partial charge is 0.0725 e. The summed E-state index contributed by atoms with van der Waals surface area (Å²) in [6.07, 6.45) is 0. The molecule has 0 saturated heterocycles. The Kier molecular flexibility index (Phi) is 7.65. The van der Waals surface area contributed by atoms with Crippen LogP contribution in [0, 0.1) is 0 Å². The Morgan fingerprint density at radius 1 is 0.284 bits per heavy atom. The average molecular weight is 866 g/mol. The molecule has 12 aromatic carbocycles. The van der Waals surface area contributed by atoms with Crippen molar-refractivity contribution in [1.82, 2.24) is 0 Å². The molecule has 0 amide bonds. The van der Waals surface area contributed by atoms with Crippen LogP contribution >= 0.6 is 11.3 Å². The Labute approximate surface area is 392 Å². The number of rotatable bonds is 4. The number of benzene rings is 12. The molecule has 0 unspecified atom stereocenters. The minimum Gasteiger partial charge on any atom is -0.309 e. The van der Waals surface area contributed by atoms with Gasteiger partial charge < -0.3 is 4.90 Å². The van der Waals surface area contributed by atoms with Gasteiger partial charge in [0.05, 0.1) is 11.1 Å². The van der Waals surface area contributed by atoms with Crippen molar-refractivity contribution in [2.24, 2.45) is 0 Å². The summed E-state index contributed by atoms with van der Waals surface area (Å²) < 4.78 is 2.57. The first-order valence-corrected chi connectivity index (χ1v) is 24.1. The van der Waals surface area contributed by atoms with Crippen molar-refractivity contribution in [2.45, 2.75) is 5.41 Å². The molecule has 310 valence electrons. The molecular weight excluding hydrogens is 827 g/mol. The minimum atomic E-state index is -0.410. The first-order valence-electron chi connectivity index (χ1n) is 23.2. The standard InChI is InChI=1S/C65H39NS/c1-4-19-45-42(18-1)37-54(49-23-8-7-22-48(45)49)53-27-15-31-62-63(53)56-39-44(33-35-61(56)67-62)66(64-46-20-5-2-16-40(46)36-41-17-3-6-21-47(41)64)43-32-34-60-55(38-43)52-26-11-14-30-59(52)65(60)57-28-12-9-24-50(57)51-25-10-13-29-58(51)65/h1-39H. The van der Waals surface area contributed by atoms with Gasteiger partial charge in [0.1, 0.15) is 0 Å². The molecule has 0 bridgehead atoms. The summed E-state index contributed by atoms with van der Waals surface area (Å²) in [5, 5.41) is 12.5. The molecule has 1 nitrogen and oxygen atoms in total. The number of hydrogen-bond donors (Lipinski definition) is 0. The van der Waals surface area contributed by atoms with E-state index in [4.69, 9.17) is 0 Å². The summed E-state index contributed by atoms with van der Waals surface area (Å²) in [5.41, 5.74) is 16.2. The predicted octanol–water partition coefficient (Wildman–Crippen LogP) is 18.1. The van der Waals surface area contributed by atoms with E-state index in [1.807, 2.05) is 11.3 Å². The lowest BCUT2D eigenvalue weighted by Gasteiger charge is -2.32. The summed E-state index contributed by atoms with van der Waals surface area (Å²) in [6, 6.07) is 89.0. The van der Waals surface area contributed by atoms with Gasteiger partial charge in [-0.15, -0.1) is 11.3 Å². The Bertz CT molecular complexity index is 4150. The third kappa shape index (κ3) is 5.03. The lowest BCUT2D eigenvalue weighted by molar-refractivity contribution is 0.794. The number of anilines is 3. The van der Waals surface area contributed by atoms with Crippen molar-refractivity contribution < 1.29 is 0 Å². The van der Waals surface area contributed by atoms with E-state index >= 15 is 0 Å². The zero-order chi connectivity index (χ0) is 43.8. The topological polar surface area (TPSA) is 3.24 Å². The molecule has 0 radical (unpaired) electrons. The van der Waals surface area contributed by atoms with E-state index in [0.29, 0.717) is 0 Å². The lowest BCUT2D eigenvalue weighted by atomic mass is 9.70. The molecule has 0 fully saturated rings. The lowest BCUT2D eigenvalue weighted by Crippen LogP contribution is -2.25. The number of thiophene rings is 1. The molecule has 0 saturated carbocycles. The van der Waals surface area contributed by atoms with Crippen LogP contribution in [0.1, 0.15) is 22.3 Å². The van der Waals surface area contributed by atoms with Crippen molar-refractivity contribution in [1.29, 1.82) is 0 Å². The molecule has 2 aliphatic rings. The fraction of sp³-hybridized carbons (Fsp3) is 0.0154. The fourth-order valence-electron chi connectivity index (χ4n) is 12.3. The van der Waals surface area contributed by atoms with E-state index in [-0.39, 0.29) is 0 Å². The van der Waals surface area contributed by atoms with E-state index < -0.39 is 5.41 Å². The van der Waals surface area contributed by atoms with E-state index in [1.54, 1.807) is 0 Å². The summed E-state index contributed by atoms with van der Waals surface area (Å²) in [4.78, 5) is 2.56. The molecule has 67 heavy (non-hydrogen) atoms. The molecule has 0 N–H and O–H groups in total. The number of hydrogen-bond acceptors (Lipinski definition) is 2. The van der Waals surface area contributed by atoms with Crippen molar-refractivity contribution in [3.05, 3.63) is 259 Å². The van der Waals surface area contributed by atoms with Gasteiger partial charge in [0, 0.05) is 42.3 Å². The van der Waals surface area contributed by atoms with Crippen LogP contribution in [0.3, 0.4) is 0 Å². The second-order valence-corrected chi connectivity index (χ2v) is 19.4. The highest BCUT2D eigenvalue weighted by atomic mass is 32.1. The van der Waals surface area contributed by atoms with Crippen LogP contribution in [0.2, 0.25) is 0 Å². The van der Waals surface area contributed by atoms with Crippen LogP contribution in [0.15, 0.2) is 237 Å². The maximum Gasteiger partial charge on any atom is 0.0725 e. The Morgan fingerprint density at radius 3 is 1.45 bits per heavy atom. The van der Waals surface area contributed by atoms with E-state index in [2.05, 4.69) is 241 Å². The molecule has 1 aromatic heterocycles. The normalized spacial score (nSPS) is 13.2. The van der Waals surface area contributed by atoms with Gasteiger partial charge in [-0.25, -0.2) is 0 Å². The van der Waals surface area contributed by atoms with Gasteiger partial charge in [-0.3, -0.25) is 0 Å². The summed E-state index contributed by atoms with van der Waals surface area (Å²) in [5.74, 6) is 0. The highest BCUT2D eigenvalue weighted by molar-refractivity contribution is 7.26. The Morgan fingerprint density at radius 2 is 0.776 bits per heavy atom. The van der Waals surface area contributed by atoms with Crippen LogP contribution in [-0.4, -0.2) is 0 Å². The molecule has 2 heteroatoms. The summed E-state index contributed by atoms with van der Waals surface area (Å²) >= 11 is 1.89. The van der Waals surface area contributed by atoms with Gasteiger partial charge in [-0.1, -0.05) is 188 Å². The maximum absolute atomic E-state index is 2.56. The average Bonchev–Trinajstić information content (AvgIpc) is 4.02. The van der Waals surface area contributed by atoms with Crippen LogP contribution in [0.25, 0.3) is 96.6 Å². The SMILES string of the molecule is c1ccc2c(c1)-c1ccccc1C21c2ccccc2-c2cc(N(c3ccc4sc5cccc(-c6cc7ccccc7c7ccccc67)c5c4c3)c3c4ccccc4cc4ccccc34)ccc21. The van der Waals surface area contributed by atoms with Crippen LogP contribution < -0.4 is 4.90 Å². The zero-order valence-corrected chi connectivity index (χ0v) is 37.2. The Hall–Kier alpha value is -8.30. The number of fused-ring (bicyclic) bond motifs is 18. The van der Waals surface area contributed by atoms with Gasteiger partial charge in [0.2, 0.25) is 0 Å². The fourth-order valence-corrected chi connectivity index (χ4v) is 13.4. The third-order valence-electron chi connectivity index (χ3n) is 15.0. The highest BCUT2D eigenvalue weighted by Gasteiger charge is 2.51. The molecule has 1 spiro atoms. The molecule has 0 aliphatic heterocycles. The van der Waals surface area contributed by atoms with Gasteiger partial charge in [-0.05, 0) is 136 Å². The first kappa shape index (κ1) is 37.0. The van der Waals surface area contributed by atoms with E-state index in [0.717, 1.165) is 11.4 Å². The zero-order valence-electron chi connectivity index (χ0n) is 36.4. The van der Waals surface area contributed by atoms with Gasteiger partial charge in [0.15, 0.2) is 0 Å². The van der Waals surface area contributed by atoms with Crippen LogP contribution in [-0.2, 0) is 5.41 Å². The third-order valence-corrected chi connectivity index (χ3v) is 16.1. The molecule has 1 heterocycles. The second-order valence-electron chi connectivity index (χ2n) is 18.3. The summed E-state index contributed by atoms with van der Waals surface area (Å²) in [7, 11) is 0. The minimum absolute atomic E-state index is 0.410. The van der Waals surface area contributed by atoms with E-state index in [9.17, 15) is 0 Å². The molecule has 0 atom stereocenters. The van der Waals surface area contributed by atoms with Crippen molar-refractivity contribution >= 4 is 91.7 Å². The molecular formula is C65H39NS. The van der Waals surface area contributed by atoms with Gasteiger partial charge >= 0.3 is 0 Å². The van der Waals surface area contributed by atoms with Crippen molar-refractivity contribution in [2.75, 3.05) is 4.90 Å². The van der Waals surface area contributed by atoms with E-state index in [1.165, 1.54) is 125 Å². The van der Waals surface area contributed by atoms with Crippen molar-refractivity contribution in [3.63, 3.8) is 0 Å². The monoisotopic (exact) mass is 865 g/mol. The maximum atomic E-state index is 2.56. The summed E-state index contributed by atoms with van der Waals surface area (Å²) in [6.45, 7) is 0. The number of nitrogens with zero attached hydrogens (tertiary/aromatic N) is 1. The second kappa shape index (κ2) is 13.9. The molecule has 2 aliphatic carbocycles. The van der Waals surface area contributed by atoms with Crippen LogP contribution in [0.4, 0.5) is 17.1 Å². The highest BCUT2D eigenvalue weighted by Crippen LogP contribution is 2.63.